The number of ether oxygens (including phenoxy) is 1. The van der Waals surface area contributed by atoms with E-state index < -0.39 is 42.0 Å². The van der Waals surface area contributed by atoms with Crippen LogP contribution in [0.25, 0.3) is 0 Å². The van der Waals surface area contributed by atoms with Crippen LogP contribution in [0, 0.1) is 11.9 Å². The van der Waals surface area contributed by atoms with Gasteiger partial charge < -0.3 is 14.0 Å². The highest BCUT2D eigenvalue weighted by Crippen LogP contribution is 2.42. The van der Waals surface area contributed by atoms with E-state index in [9.17, 15) is 13.6 Å². The molecule has 2 rings (SSSR count). The van der Waals surface area contributed by atoms with Crippen molar-refractivity contribution in [1.29, 1.82) is 0 Å². The molecular weight excluding hydrogens is 319 g/mol. The lowest BCUT2D eigenvalue weighted by atomic mass is 9.66. The molecule has 0 bridgehead atoms. The first-order valence-electron chi connectivity index (χ1n) is 7.90. The summed E-state index contributed by atoms with van der Waals surface area (Å²) in [6.07, 6.45) is -0.158. The second-order valence-corrected chi connectivity index (χ2v) is 6.75. The van der Waals surface area contributed by atoms with E-state index in [1.165, 1.54) is 6.07 Å². The molecule has 5 nitrogen and oxygen atoms in total. The zero-order valence-electron chi connectivity index (χ0n) is 14.6. The molecule has 0 radical (unpaired) electrons. The Bertz CT molecular complexity index is 608. The molecule has 0 N–H and O–H groups in total. The van der Waals surface area contributed by atoms with Gasteiger partial charge in [0.15, 0.2) is 0 Å². The van der Waals surface area contributed by atoms with Gasteiger partial charge in [-0.3, -0.25) is 4.79 Å². The maximum absolute atomic E-state index is 14.2. The topological polar surface area (TPSA) is 57.7 Å². The molecule has 24 heavy (non-hydrogen) atoms. The fourth-order valence-electron chi connectivity index (χ4n) is 2.50. The second-order valence-electron chi connectivity index (χ2n) is 6.75. The van der Waals surface area contributed by atoms with Crippen LogP contribution in [-0.2, 0) is 18.8 Å². The normalized spacial score (nSPS) is 20.0. The van der Waals surface area contributed by atoms with E-state index in [0.29, 0.717) is 0 Å². The zero-order chi connectivity index (χ0) is 18.1. The van der Waals surface area contributed by atoms with Crippen LogP contribution in [0.5, 0.6) is 0 Å². The predicted molar refractivity (Wildman–Crippen MR) is 84.2 cm³/mol. The molecule has 0 aliphatic carbocycles. The molecule has 1 aromatic heterocycles. The smallest absolute Gasteiger partial charge is 0.466 e. The Balaban J connectivity index is 2.35. The number of hydrogen-bond donors (Lipinski definition) is 0. The molecule has 1 unspecified atom stereocenters. The van der Waals surface area contributed by atoms with Gasteiger partial charge in [-0.1, -0.05) is 6.07 Å². The van der Waals surface area contributed by atoms with Crippen LogP contribution < -0.4 is 0 Å². The van der Waals surface area contributed by atoms with E-state index in [2.05, 4.69) is 4.98 Å². The van der Waals surface area contributed by atoms with Crippen molar-refractivity contribution in [3.8, 4) is 0 Å². The highest BCUT2D eigenvalue weighted by atomic mass is 19.1. The van der Waals surface area contributed by atoms with Crippen molar-refractivity contribution >= 4 is 13.1 Å². The molecular formula is C16H22BF2NO4. The van der Waals surface area contributed by atoms with Gasteiger partial charge in [0.1, 0.15) is 0 Å². The maximum atomic E-state index is 14.2. The van der Waals surface area contributed by atoms with E-state index >= 15 is 0 Å². The summed E-state index contributed by atoms with van der Waals surface area (Å²) in [4.78, 5) is 15.1. The van der Waals surface area contributed by atoms with E-state index in [1.54, 1.807) is 6.92 Å². The summed E-state index contributed by atoms with van der Waals surface area (Å²) in [6.45, 7) is 9.31. The van der Waals surface area contributed by atoms with Gasteiger partial charge in [0.25, 0.3) is 0 Å². The first-order valence-corrected chi connectivity index (χ1v) is 7.90. The fourth-order valence-corrected chi connectivity index (χ4v) is 2.50. The number of carbonyl (C=O) groups is 1. The van der Waals surface area contributed by atoms with Crippen molar-refractivity contribution in [3.05, 3.63) is 29.6 Å². The van der Waals surface area contributed by atoms with Crippen molar-refractivity contribution < 1.29 is 27.6 Å². The monoisotopic (exact) mass is 341 g/mol. The molecule has 1 aromatic rings. The number of halogens is 2. The number of esters is 1. The first kappa shape index (κ1) is 18.8. The third-order valence-corrected chi connectivity index (χ3v) is 4.53. The van der Waals surface area contributed by atoms with Crippen molar-refractivity contribution in [2.24, 2.45) is 0 Å². The van der Waals surface area contributed by atoms with Gasteiger partial charge in [0.05, 0.1) is 24.2 Å². The molecule has 1 saturated heterocycles. The number of pyridine rings is 1. The highest BCUT2D eigenvalue weighted by Gasteiger charge is 2.54. The Morgan fingerprint density at radius 1 is 1.25 bits per heavy atom. The van der Waals surface area contributed by atoms with Gasteiger partial charge in [0.2, 0.25) is 11.9 Å². The molecule has 132 valence electrons. The Morgan fingerprint density at radius 3 is 2.33 bits per heavy atom. The van der Waals surface area contributed by atoms with E-state index in [-0.39, 0.29) is 18.6 Å². The van der Waals surface area contributed by atoms with Crippen LogP contribution >= 0.6 is 0 Å². The average Bonchev–Trinajstić information content (AvgIpc) is 2.65. The standard InChI is InChI=1S/C16H22BF2NO4/c1-6-22-13(21)9-11(10-7-8-12(18)20-14(10)19)17-23-15(2,3)16(4,5)24-17/h7-8,11H,6,9H2,1-5H3. The van der Waals surface area contributed by atoms with Gasteiger partial charge in [0, 0.05) is 11.4 Å². The lowest BCUT2D eigenvalue weighted by molar-refractivity contribution is -0.143. The number of hydrogen-bond acceptors (Lipinski definition) is 5. The van der Waals surface area contributed by atoms with Gasteiger partial charge in [-0.05, 0) is 40.7 Å². The summed E-state index contributed by atoms with van der Waals surface area (Å²) >= 11 is 0. The maximum Gasteiger partial charge on any atom is 0.466 e. The predicted octanol–water partition coefficient (Wildman–Crippen LogP) is 3.03. The van der Waals surface area contributed by atoms with Gasteiger partial charge in [-0.25, -0.2) is 0 Å². The summed E-state index contributed by atoms with van der Waals surface area (Å²) < 4.78 is 44.1. The summed E-state index contributed by atoms with van der Waals surface area (Å²) in [5.41, 5.74) is -1.23. The number of rotatable bonds is 5. The van der Waals surface area contributed by atoms with Crippen LogP contribution in [0.15, 0.2) is 12.1 Å². The first-order chi connectivity index (χ1) is 11.1. The minimum atomic E-state index is -0.987. The van der Waals surface area contributed by atoms with Gasteiger partial charge >= 0.3 is 13.1 Å². The number of carbonyl (C=O) groups excluding carboxylic acids is 1. The average molecular weight is 341 g/mol. The SMILES string of the molecule is CCOC(=O)CC(B1OC(C)(C)C(C)(C)O1)c1ccc(F)nc1F. The Labute approximate surface area is 140 Å². The Morgan fingerprint density at radius 2 is 1.83 bits per heavy atom. The number of aromatic nitrogens is 1. The summed E-state index contributed by atoms with van der Waals surface area (Å²) in [5, 5.41) is 0. The molecule has 0 spiro atoms. The third-order valence-electron chi connectivity index (χ3n) is 4.53. The fraction of sp³-hybridized carbons (Fsp3) is 0.625. The van der Waals surface area contributed by atoms with Crippen LogP contribution in [0.1, 0.15) is 52.4 Å². The van der Waals surface area contributed by atoms with Gasteiger partial charge in [-0.2, -0.15) is 13.8 Å². The molecule has 1 aliphatic heterocycles. The molecule has 1 aliphatic rings. The lowest BCUT2D eigenvalue weighted by Gasteiger charge is -2.32. The molecule has 1 fully saturated rings. The summed E-state index contributed by atoms with van der Waals surface area (Å²) in [6, 6.07) is 2.30. The zero-order valence-corrected chi connectivity index (χ0v) is 14.6. The minimum absolute atomic E-state index is 0.0583. The molecule has 2 heterocycles. The quantitative estimate of drug-likeness (QED) is 0.468. The van der Waals surface area contributed by atoms with Crippen LogP contribution in [0.3, 0.4) is 0 Å². The van der Waals surface area contributed by atoms with Crippen LogP contribution in [0.2, 0.25) is 0 Å². The highest BCUT2D eigenvalue weighted by molar-refractivity contribution is 6.48. The molecule has 1 atom stereocenters. The van der Waals surface area contributed by atoms with Crippen LogP contribution in [0.4, 0.5) is 8.78 Å². The minimum Gasteiger partial charge on any atom is -0.466 e. The van der Waals surface area contributed by atoms with Crippen LogP contribution in [-0.4, -0.2) is 35.9 Å². The third kappa shape index (κ3) is 3.75. The van der Waals surface area contributed by atoms with E-state index in [1.807, 2.05) is 27.7 Å². The van der Waals surface area contributed by atoms with Crippen molar-refractivity contribution in [2.45, 2.75) is 58.1 Å². The van der Waals surface area contributed by atoms with Gasteiger partial charge in [-0.15, -0.1) is 0 Å². The molecule has 0 amide bonds. The molecule has 0 aromatic carbocycles. The lowest BCUT2D eigenvalue weighted by Crippen LogP contribution is -2.41. The van der Waals surface area contributed by atoms with E-state index in [0.717, 1.165) is 6.07 Å². The van der Waals surface area contributed by atoms with Crippen molar-refractivity contribution in [2.75, 3.05) is 6.61 Å². The summed E-state index contributed by atoms with van der Waals surface area (Å²) in [7, 11) is -0.874. The van der Waals surface area contributed by atoms with Crippen molar-refractivity contribution in [3.63, 3.8) is 0 Å². The summed E-state index contributed by atoms with van der Waals surface area (Å²) in [5.74, 6) is -3.22. The largest absolute Gasteiger partial charge is 0.466 e. The molecule has 8 heteroatoms. The number of nitrogens with zero attached hydrogens (tertiary/aromatic N) is 1. The molecule has 0 saturated carbocycles. The Hall–Kier alpha value is -1.54. The second kappa shape index (κ2) is 6.76. The Kier molecular flexibility index (Phi) is 5.30. The van der Waals surface area contributed by atoms with E-state index in [4.69, 9.17) is 14.0 Å². The van der Waals surface area contributed by atoms with Crippen molar-refractivity contribution in [1.82, 2.24) is 4.98 Å².